The lowest BCUT2D eigenvalue weighted by Gasteiger charge is -2.28. The summed E-state index contributed by atoms with van der Waals surface area (Å²) >= 11 is 0. The van der Waals surface area contributed by atoms with Gasteiger partial charge in [0.2, 0.25) is 0 Å². The van der Waals surface area contributed by atoms with Crippen LogP contribution in [0, 0.1) is 6.92 Å². The maximum atomic E-state index is 11.7. The predicted octanol–water partition coefficient (Wildman–Crippen LogP) is 2.86. The monoisotopic (exact) mass is 262 g/mol. The van der Waals surface area contributed by atoms with Gasteiger partial charge in [-0.2, -0.15) is 0 Å². The molecule has 4 heteroatoms. The third kappa shape index (κ3) is 3.88. The number of aryl methyl sites for hydroxylation is 1. The molecule has 1 aromatic carbocycles. The molecular formula is C15H22N2O2. The summed E-state index contributed by atoms with van der Waals surface area (Å²) in [5.41, 5.74) is 3.18. The standard InChI is InChI=1S/C15H22N2O2/c1-10-5-6-13-11(7-10)8-12(9-16-13)17-14(18)19-15(2,3)4/h5-7,12,16H,8-9H2,1-4H3,(H,17,18)/t12-/m0/s1. The Bertz CT molecular complexity index is 478. The van der Waals surface area contributed by atoms with E-state index in [9.17, 15) is 4.79 Å². The van der Waals surface area contributed by atoms with Crippen LogP contribution in [0.25, 0.3) is 0 Å². The van der Waals surface area contributed by atoms with Crippen molar-refractivity contribution in [2.75, 3.05) is 11.9 Å². The molecule has 0 saturated carbocycles. The second kappa shape index (κ2) is 5.11. The van der Waals surface area contributed by atoms with Crippen molar-refractivity contribution in [1.29, 1.82) is 0 Å². The Kier molecular flexibility index (Phi) is 3.69. The number of ether oxygens (including phenoxy) is 1. The molecule has 1 amide bonds. The maximum absolute atomic E-state index is 11.7. The lowest BCUT2D eigenvalue weighted by Crippen LogP contribution is -2.45. The summed E-state index contributed by atoms with van der Waals surface area (Å²) in [4.78, 5) is 11.7. The number of alkyl carbamates (subject to hydrolysis) is 1. The summed E-state index contributed by atoms with van der Waals surface area (Å²) in [6.45, 7) is 8.40. The van der Waals surface area contributed by atoms with Gasteiger partial charge in [-0.1, -0.05) is 17.7 Å². The van der Waals surface area contributed by atoms with E-state index >= 15 is 0 Å². The number of hydrogen-bond acceptors (Lipinski definition) is 3. The molecule has 0 spiro atoms. The molecule has 4 nitrogen and oxygen atoms in total. The van der Waals surface area contributed by atoms with Gasteiger partial charge >= 0.3 is 6.09 Å². The first-order valence-corrected chi connectivity index (χ1v) is 6.66. The van der Waals surface area contributed by atoms with Crippen molar-refractivity contribution in [2.45, 2.75) is 45.8 Å². The molecule has 0 unspecified atom stereocenters. The summed E-state index contributed by atoms with van der Waals surface area (Å²) in [5, 5.41) is 6.25. The average Bonchev–Trinajstić information content (AvgIpc) is 2.25. The van der Waals surface area contributed by atoms with Gasteiger partial charge in [0.1, 0.15) is 5.60 Å². The van der Waals surface area contributed by atoms with Crippen LogP contribution in [0.15, 0.2) is 18.2 Å². The molecule has 1 atom stereocenters. The molecule has 19 heavy (non-hydrogen) atoms. The number of rotatable bonds is 1. The minimum absolute atomic E-state index is 0.0733. The second-order valence-corrected chi connectivity index (χ2v) is 6.09. The van der Waals surface area contributed by atoms with Crippen LogP contribution in [-0.4, -0.2) is 24.3 Å². The lowest BCUT2D eigenvalue weighted by atomic mass is 9.98. The summed E-state index contributed by atoms with van der Waals surface area (Å²) in [5.74, 6) is 0. The van der Waals surface area contributed by atoms with Crippen LogP contribution < -0.4 is 10.6 Å². The van der Waals surface area contributed by atoms with Gasteiger partial charge in [0, 0.05) is 12.2 Å². The Morgan fingerprint density at radius 1 is 1.42 bits per heavy atom. The molecular weight excluding hydrogens is 240 g/mol. The van der Waals surface area contributed by atoms with E-state index in [1.54, 1.807) is 0 Å². The molecule has 0 aromatic heterocycles. The van der Waals surface area contributed by atoms with Gasteiger partial charge < -0.3 is 15.4 Å². The number of amides is 1. The zero-order valence-electron chi connectivity index (χ0n) is 12.0. The highest BCUT2D eigenvalue weighted by molar-refractivity contribution is 5.68. The molecule has 1 aliphatic rings. The van der Waals surface area contributed by atoms with E-state index in [0.29, 0.717) is 0 Å². The largest absolute Gasteiger partial charge is 0.444 e. The molecule has 104 valence electrons. The van der Waals surface area contributed by atoms with E-state index in [-0.39, 0.29) is 12.1 Å². The first kappa shape index (κ1) is 13.7. The van der Waals surface area contributed by atoms with Crippen LogP contribution >= 0.6 is 0 Å². The Balaban J connectivity index is 1.96. The second-order valence-electron chi connectivity index (χ2n) is 6.09. The highest BCUT2D eigenvalue weighted by Gasteiger charge is 2.23. The first-order chi connectivity index (χ1) is 8.83. The Morgan fingerprint density at radius 2 is 2.16 bits per heavy atom. The van der Waals surface area contributed by atoms with Gasteiger partial charge in [-0.15, -0.1) is 0 Å². The van der Waals surface area contributed by atoms with E-state index < -0.39 is 5.60 Å². The SMILES string of the molecule is Cc1ccc2c(c1)C[C@H](NC(=O)OC(C)(C)C)CN2. The van der Waals surface area contributed by atoms with Crippen molar-refractivity contribution in [1.82, 2.24) is 5.32 Å². The van der Waals surface area contributed by atoms with Crippen molar-refractivity contribution >= 4 is 11.8 Å². The van der Waals surface area contributed by atoms with E-state index in [1.807, 2.05) is 20.8 Å². The van der Waals surface area contributed by atoms with Crippen molar-refractivity contribution < 1.29 is 9.53 Å². The molecule has 0 bridgehead atoms. The van der Waals surface area contributed by atoms with E-state index in [2.05, 4.69) is 35.8 Å². The molecule has 2 N–H and O–H groups in total. The number of nitrogens with one attached hydrogen (secondary N) is 2. The van der Waals surface area contributed by atoms with Gasteiger partial charge in [-0.05, 0) is 45.7 Å². The third-order valence-electron chi connectivity index (χ3n) is 2.99. The van der Waals surface area contributed by atoms with Crippen molar-refractivity contribution in [3.05, 3.63) is 29.3 Å². The molecule has 1 heterocycles. The normalized spacial score (nSPS) is 18.2. The Hall–Kier alpha value is -1.71. The van der Waals surface area contributed by atoms with Crippen molar-refractivity contribution in [2.24, 2.45) is 0 Å². The molecule has 0 saturated heterocycles. The van der Waals surface area contributed by atoms with Crippen LogP contribution in [0.1, 0.15) is 31.9 Å². The van der Waals surface area contributed by atoms with Crippen LogP contribution in [0.5, 0.6) is 0 Å². The van der Waals surface area contributed by atoms with Crippen molar-refractivity contribution in [3.8, 4) is 0 Å². The summed E-state index contributed by atoms with van der Waals surface area (Å²) < 4.78 is 5.27. The van der Waals surface area contributed by atoms with Crippen LogP contribution in [0.2, 0.25) is 0 Å². The van der Waals surface area contributed by atoms with Gasteiger partial charge in [-0.25, -0.2) is 4.79 Å². The zero-order valence-corrected chi connectivity index (χ0v) is 12.0. The number of fused-ring (bicyclic) bond motifs is 1. The Labute approximate surface area is 114 Å². The number of anilines is 1. The molecule has 0 radical (unpaired) electrons. The lowest BCUT2D eigenvalue weighted by molar-refractivity contribution is 0.0506. The van der Waals surface area contributed by atoms with Gasteiger partial charge in [0.25, 0.3) is 0 Å². The fourth-order valence-electron chi connectivity index (χ4n) is 2.21. The fraction of sp³-hybridized carbons (Fsp3) is 0.533. The molecule has 0 fully saturated rings. The first-order valence-electron chi connectivity index (χ1n) is 6.66. The van der Waals surface area contributed by atoms with Crippen molar-refractivity contribution in [3.63, 3.8) is 0 Å². The minimum atomic E-state index is -0.458. The van der Waals surface area contributed by atoms with Gasteiger partial charge in [-0.3, -0.25) is 0 Å². The topological polar surface area (TPSA) is 50.4 Å². The molecule has 1 aromatic rings. The zero-order chi connectivity index (χ0) is 14.0. The average molecular weight is 262 g/mol. The molecule has 2 rings (SSSR count). The minimum Gasteiger partial charge on any atom is -0.444 e. The smallest absolute Gasteiger partial charge is 0.407 e. The van der Waals surface area contributed by atoms with Gasteiger partial charge in [0.05, 0.1) is 6.04 Å². The summed E-state index contributed by atoms with van der Waals surface area (Å²) in [6, 6.07) is 6.41. The maximum Gasteiger partial charge on any atom is 0.407 e. The van der Waals surface area contributed by atoms with E-state index in [0.717, 1.165) is 18.7 Å². The quantitative estimate of drug-likeness (QED) is 0.818. The number of benzene rings is 1. The third-order valence-corrected chi connectivity index (χ3v) is 2.99. The Morgan fingerprint density at radius 3 is 2.84 bits per heavy atom. The highest BCUT2D eigenvalue weighted by atomic mass is 16.6. The molecule has 0 aliphatic carbocycles. The number of carbonyl (C=O) groups is 1. The fourth-order valence-corrected chi connectivity index (χ4v) is 2.21. The van der Waals surface area contributed by atoms with Crippen LogP contribution in [0.4, 0.5) is 10.5 Å². The number of carbonyl (C=O) groups excluding carboxylic acids is 1. The van der Waals surface area contributed by atoms with E-state index in [4.69, 9.17) is 4.74 Å². The summed E-state index contributed by atoms with van der Waals surface area (Å²) in [7, 11) is 0. The summed E-state index contributed by atoms with van der Waals surface area (Å²) in [6.07, 6.45) is 0.485. The highest BCUT2D eigenvalue weighted by Crippen LogP contribution is 2.23. The van der Waals surface area contributed by atoms with Gasteiger partial charge in [0.15, 0.2) is 0 Å². The van der Waals surface area contributed by atoms with Crippen LogP contribution in [0.3, 0.4) is 0 Å². The van der Waals surface area contributed by atoms with Crippen LogP contribution in [-0.2, 0) is 11.2 Å². The predicted molar refractivity (Wildman–Crippen MR) is 76.5 cm³/mol. The van der Waals surface area contributed by atoms with E-state index in [1.165, 1.54) is 11.1 Å². The molecule has 1 aliphatic heterocycles. The number of hydrogen-bond donors (Lipinski definition) is 2.